The van der Waals surface area contributed by atoms with Crippen molar-refractivity contribution < 1.29 is 8.42 Å². The molecule has 0 amide bonds. The molecule has 0 aromatic heterocycles. The molecule has 1 aliphatic carbocycles. The van der Waals surface area contributed by atoms with E-state index in [1.54, 1.807) is 12.1 Å². The van der Waals surface area contributed by atoms with E-state index in [0.29, 0.717) is 10.9 Å². The van der Waals surface area contributed by atoms with Gasteiger partial charge in [-0.15, -0.1) is 0 Å². The predicted octanol–water partition coefficient (Wildman–Crippen LogP) is 3.28. The Balaban J connectivity index is 2.29. The van der Waals surface area contributed by atoms with Crippen LogP contribution in [0.3, 0.4) is 0 Å². The molecule has 118 valence electrons. The second-order valence-electron chi connectivity index (χ2n) is 6.62. The van der Waals surface area contributed by atoms with Gasteiger partial charge < -0.3 is 5.32 Å². The van der Waals surface area contributed by atoms with E-state index in [4.69, 9.17) is 0 Å². The van der Waals surface area contributed by atoms with E-state index in [0.717, 1.165) is 17.7 Å². The fourth-order valence-corrected chi connectivity index (χ4v) is 3.75. The Morgan fingerprint density at radius 2 is 1.95 bits per heavy atom. The summed E-state index contributed by atoms with van der Waals surface area (Å²) in [5.41, 5.74) is 2.24. The average molecular weight is 310 g/mol. The Hall–Kier alpha value is -1.07. The van der Waals surface area contributed by atoms with Crippen molar-refractivity contribution in [2.45, 2.75) is 57.4 Å². The van der Waals surface area contributed by atoms with Crippen molar-refractivity contribution in [3.8, 4) is 0 Å². The van der Waals surface area contributed by atoms with Gasteiger partial charge in [-0.25, -0.2) is 13.1 Å². The summed E-state index contributed by atoms with van der Waals surface area (Å²) >= 11 is 0. The maximum absolute atomic E-state index is 11.9. The topological polar surface area (TPSA) is 58.2 Å². The first kappa shape index (κ1) is 16.3. The number of anilines is 1. The first-order valence-electron chi connectivity index (χ1n) is 7.57. The summed E-state index contributed by atoms with van der Waals surface area (Å²) in [6.07, 6.45) is 4.85. The largest absolute Gasteiger partial charge is 0.382 e. The van der Waals surface area contributed by atoms with Crippen molar-refractivity contribution in [2.75, 3.05) is 12.4 Å². The third-order valence-electron chi connectivity index (χ3n) is 4.63. The molecule has 4 nitrogen and oxygen atoms in total. The molecule has 0 bridgehead atoms. The minimum atomic E-state index is -3.40. The van der Waals surface area contributed by atoms with Crippen LogP contribution in [0, 0.1) is 12.3 Å². The zero-order valence-corrected chi connectivity index (χ0v) is 14.2. The highest BCUT2D eigenvalue weighted by molar-refractivity contribution is 7.89. The number of hydrogen-bond donors (Lipinski definition) is 2. The third kappa shape index (κ3) is 3.58. The summed E-state index contributed by atoms with van der Waals surface area (Å²) in [5.74, 6) is 0. The number of rotatable bonds is 4. The van der Waals surface area contributed by atoms with Gasteiger partial charge in [0.05, 0.1) is 4.90 Å². The molecule has 0 aliphatic heterocycles. The van der Waals surface area contributed by atoms with Gasteiger partial charge in [-0.1, -0.05) is 32.8 Å². The van der Waals surface area contributed by atoms with E-state index < -0.39 is 10.0 Å². The van der Waals surface area contributed by atoms with Gasteiger partial charge in [0, 0.05) is 11.7 Å². The number of aryl methyl sites for hydroxylation is 1. The molecule has 1 unspecified atom stereocenters. The van der Waals surface area contributed by atoms with Crippen LogP contribution in [0.5, 0.6) is 0 Å². The van der Waals surface area contributed by atoms with E-state index in [1.165, 1.54) is 26.3 Å². The highest BCUT2D eigenvalue weighted by Gasteiger charge is 2.32. The van der Waals surface area contributed by atoms with Crippen LogP contribution in [0.1, 0.15) is 45.1 Å². The van der Waals surface area contributed by atoms with Gasteiger partial charge in [0.15, 0.2) is 0 Å². The minimum Gasteiger partial charge on any atom is -0.382 e. The molecule has 1 fully saturated rings. The molecule has 1 saturated carbocycles. The van der Waals surface area contributed by atoms with Gasteiger partial charge >= 0.3 is 0 Å². The van der Waals surface area contributed by atoms with Crippen LogP contribution in [-0.4, -0.2) is 21.5 Å². The van der Waals surface area contributed by atoms with E-state index in [9.17, 15) is 8.42 Å². The molecular formula is C16H26N2O2S. The Kier molecular flexibility index (Phi) is 4.63. The molecular weight excluding hydrogens is 284 g/mol. The maximum Gasteiger partial charge on any atom is 0.240 e. The van der Waals surface area contributed by atoms with Gasteiger partial charge in [-0.2, -0.15) is 0 Å². The smallest absolute Gasteiger partial charge is 0.240 e. The third-order valence-corrected chi connectivity index (χ3v) is 6.04. The fraction of sp³-hybridized carbons (Fsp3) is 0.625. The van der Waals surface area contributed by atoms with Crippen LogP contribution in [0.2, 0.25) is 0 Å². The van der Waals surface area contributed by atoms with Crippen LogP contribution in [0.4, 0.5) is 5.69 Å². The SMILES string of the molecule is CNS(=O)(=O)c1ccc(C)c(NC2CCCCC2(C)C)c1. The average Bonchev–Trinajstić information content (AvgIpc) is 2.43. The van der Waals surface area contributed by atoms with Crippen molar-refractivity contribution in [3.05, 3.63) is 23.8 Å². The Morgan fingerprint density at radius 3 is 2.57 bits per heavy atom. The van der Waals surface area contributed by atoms with Crippen molar-refractivity contribution in [1.82, 2.24) is 4.72 Å². The normalized spacial score (nSPS) is 22.0. The first-order valence-corrected chi connectivity index (χ1v) is 9.05. The van der Waals surface area contributed by atoms with Gasteiger partial charge in [-0.05, 0) is 49.9 Å². The molecule has 1 aliphatic rings. The highest BCUT2D eigenvalue weighted by atomic mass is 32.2. The molecule has 0 saturated heterocycles. The highest BCUT2D eigenvalue weighted by Crippen LogP contribution is 2.37. The molecule has 0 radical (unpaired) electrons. The lowest BCUT2D eigenvalue weighted by atomic mass is 9.73. The van der Waals surface area contributed by atoms with E-state index >= 15 is 0 Å². The quantitative estimate of drug-likeness (QED) is 0.897. The van der Waals surface area contributed by atoms with Gasteiger partial charge in [0.2, 0.25) is 10.0 Å². The van der Waals surface area contributed by atoms with Crippen molar-refractivity contribution >= 4 is 15.7 Å². The molecule has 1 aromatic carbocycles. The summed E-state index contributed by atoms with van der Waals surface area (Å²) in [4.78, 5) is 0.312. The van der Waals surface area contributed by atoms with Gasteiger partial charge in [0.25, 0.3) is 0 Å². The number of sulfonamides is 1. The predicted molar refractivity (Wildman–Crippen MR) is 87.1 cm³/mol. The second kappa shape index (κ2) is 5.97. The summed E-state index contributed by atoms with van der Waals surface area (Å²) in [6.45, 7) is 6.58. The summed E-state index contributed by atoms with van der Waals surface area (Å²) in [7, 11) is -1.96. The summed E-state index contributed by atoms with van der Waals surface area (Å²) in [6, 6.07) is 5.64. The van der Waals surface area contributed by atoms with Crippen LogP contribution in [-0.2, 0) is 10.0 Å². The van der Waals surface area contributed by atoms with Gasteiger partial charge in [0.1, 0.15) is 0 Å². The van der Waals surface area contributed by atoms with Crippen molar-refractivity contribution in [2.24, 2.45) is 5.41 Å². The lowest BCUT2D eigenvalue weighted by Crippen LogP contribution is -2.39. The summed E-state index contributed by atoms with van der Waals surface area (Å²) < 4.78 is 26.3. The van der Waals surface area contributed by atoms with E-state index in [2.05, 4.69) is 23.9 Å². The Morgan fingerprint density at radius 1 is 1.24 bits per heavy atom. The lowest BCUT2D eigenvalue weighted by molar-refractivity contribution is 0.217. The second-order valence-corrected chi connectivity index (χ2v) is 8.50. The molecule has 1 atom stereocenters. The minimum absolute atomic E-state index is 0.239. The molecule has 2 rings (SSSR count). The molecule has 21 heavy (non-hydrogen) atoms. The fourth-order valence-electron chi connectivity index (χ4n) is 2.99. The van der Waals surface area contributed by atoms with Crippen LogP contribution in [0.15, 0.2) is 23.1 Å². The number of benzene rings is 1. The molecule has 5 heteroatoms. The lowest BCUT2D eigenvalue weighted by Gasteiger charge is -2.40. The van der Waals surface area contributed by atoms with Crippen LogP contribution in [0.25, 0.3) is 0 Å². The molecule has 0 heterocycles. The Labute approximate surface area is 128 Å². The van der Waals surface area contributed by atoms with Crippen LogP contribution < -0.4 is 10.0 Å². The Bertz CT molecular complexity index is 609. The molecule has 0 spiro atoms. The zero-order chi connectivity index (χ0) is 15.7. The first-order chi connectivity index (χ1) is 9.76. The standard InChI is InChI=1S/C16H26N2O2S/c1-12-8-9-13(21(19,20)17-4)11-14(12)18-15-7-5-6-10-16(15,2)3/h8-9,11,15,17-18H,5-7,10H2,1-4H3. The van der Waals surface area contributed by atoms with Crippen molar-refractivity contribution in [1.29, 1.82) is 0 Å². The summed E-state index contributed by atoms with van der Waals surface area (Å²) in [5, 5.41) is 3.58. The number of hydrogen-bond acceptors (Lipinski definition) is 3. The van der Waals surface area contributed by atoms with Gasteiger partial charge in [-0.3, -0.25) is 0 Å². The van der Waals surface area contributed by atoms with E-state index in [1.807, 2.05) is 13.0 Å². The van der Waals surface area contributed by atoms with E-state index in [-0.39, 0.29) is 5.41 Å². The van der Waals surface area contributed by atoms with Crippen LogP contribution >= 0.6 is 0 Å². The molecule has 1 aromatic rings. The zero-order valence-electron chi connectivity index (χ0n) is 13.4. The molecule has 2 N–H and O–H groups in total. The monoisotopic (exact) mass is 310 g/mol. The van der Waals surface area contributed by atoms with Crippen molar-refractivity contribution in [3.63, 3.8) is 0 Å². The number of nitrogens with one attached hydrogen (secondary N) is 2. The maximum atomic E-state index is 11.9.